The number of nitrogens with zero attached hydrogens (tertiary/aromatic N) is 3. The highest BCUT2D eigenvalue weighted by molar-refractivity contribution is 7.89. The van der Waals surface area contributed by atoms with Gasteiger partial charge in [-0.3, -0.25) is 4.79 Å². The molecule has 0 bridgehead atoms. The molecule has 9 heteroatoms. The summed E-state index contributed by atoms with van der Waals surface area (Å²) in [6, 6.07) is 12.5. The lowest BCUT2D eigenvalue weighted by molar-refractivity contribution is 0.0948. The molecule has 184 valence electrons. The standard InChI is InChI=1S/C25H33FN4O3S/c26-22-8-10-23(11-9-22)29-16-18-30(19-17-29)34(32,33)24-7-5-6-21(20-24)25(31)27-12-15-28-13-3-1-2-4-14-28/h5-11,20H,1-4,12-19H2,(H,27,31). The predicted octanol–water partition coefficient (Wildman–Crippen LogP) is 2.94. The van der Waals surface area contributed by atoms with Crippen molar-refractivity contribution in [3.05, 3.63) is 59.9 Å². The molecule has 34 heavy (non-hydrogen) atoms. The van der Waals surface area contributed by atoms with Crippen LogP contribution < -0.4 is 10.2 Å². The van der Waals surface area contributed by atoms with Gasteiger partial charge >= 0.3 is 0 Å². The van der Waals surface area contributed by atoms with E-state index in [-0.39, 0.29) is 16.6 Å². The Bertz CT molecular complexity index is 1060. The molecule has 2 fully saturated rings. The number of halogens is 1. The molecule has 0 spiro atoms. The highest BCUT2D eigenvalue weighted by Crippen LogP contribution is 2.22. The van der Waals surface area contributed by atoms with Crippen molar-refractivity contribution in [1.82, 2.24) is 14.5 Å². The fraction of sp³-hybridized carbons (Fsp3) is 0.480. The minimum atomic E-state index is -3.71. The lowest BCUT2D eigenvalue weighted by Crippen LogP contribution is -2.48. The second-order valence-electron chi connectivity index (χ2n) is 8.91. The van der Waals surface area contributed by atoms with Crippen LogP contribution in [-0.2, 0) is 10.0 Å². The van der Waals surface area contributed by atoms with Gasteiger partial charge in [-0.1, -0.05) is 18.9 Å². The van der Waals surface area contributed by atoms with Crippen LogP contribution in [0.25, 0.3) is 0 Å². The lowest BCUT2D eigenvalue weighted by Gasteiger charge is -2.35. The first-order valence-corrected chi connectivity index (χ1v) is 13.5. The molecule has 2 saturated heterocycles. The van der Waals surface area contributed by atoms with E-state index in [4.69, 9.17) is 0 Å². The first-order valence-electron chi connectivity index (χ1n) is 12.0. The number of piperazine rings is 1. The first kappa shape index (κ1) is 24.6. The van der Waals surface area contributed by atoms with Gasteiger partial charge in [-0.25, -0.2) is 12.8 Å². The number of amides is 1. The Kier molecular flexibility index (Phi) is 8.18. The van der Waals surface area contributed by atoms with Gasteiger partial charge in [-0.2, -0.15) is 4.31 Å². The van der Waals surface area contributed by atoms with Gasteiger partial charge in [0.1, 0.15) is 5.82 Å². The summed E-state index contributed by atoms with van der Waals surface area (Å²) in [5.74, 6) is -0.552. The SMILES string of the molecule is O=C(NCCN1CCCCCC1)c1cccc(S(=O)(=O)N2CCN(c3ccc(F)cc3)CC2)c1. The van der Waals surface area contributed by atoms with E-state index >= 15 is 0 Å². The van der Waals surface area contributed by atoms with Crippen molar-refractivity contribution in [1.29, 1.82) is 0 Å². The second-order valence-corrected chi connectivity index (χ2v) is 10.8. The molecule has 2 heterocycles. The topological polar surface area (TPSA) is 73.0 Å². The van der Waals surface area contributed by atoms with Crippen molar-refractivity contribution in [2.75, 3.05) is 57.3 Å². The van der Waals surface area contributed by atoms with E-state index in [0.717, 1.165) is 25.3 Å². The summed E-state index contributed by atoms with van der Waals surface area (Å²) < 4.78 is 41.1. The number of likely N-dealkylation sites (tertiary alicyclic amines) is 1. The highest BCUT2D eigenvalue weighted by atomic mass is 32.2. The fourth-order valence-electron chi connectivity index (χ4n) is 4.57. The Morgan fingerprint density at radius 1 is 0.882 bits per heavy atom. The van der Waals surface area contributed by atoms with Gasteiger partial charge in [0.05, 0.1) is 4.90 Å². The van der Waals surface area contributed by atoms with Crippen molar-refractivity contribution < 1.29 is 17.6 Å². The van der Waals surface area contributed by atoms with Crippen LogP contribution in [0.1, 0.15) is 36.0 Å². The van der Waals surface area contributed by atoms with E-state index in [0.29, 0.717) is 38.3 Å². The quantitative estimate of drug-likeness (QED) is 0.649. The molecule has 2 aromatic rings. The van der Waals surface area contributed by atoms with Crippen molar-refractivity contribution in [2.24, 2.45) is 0 Å². The normalized spacial score (nSPS) is 18.4. The Hall–Kier alpha value is -2.49. The van der Waals surface area contributed by atoms with Gasteiger partial charge in [0.25, 0.3) is 5.91 Å². The molecular weight excluding hydrogens is 455 g/mol. The molecule has 0 unspecified atom stereocenters. The smallest absolute Gasteiger partial charge is 0.251 e. The molecule has 2 aromatic carbocycles. The van der Waals surface area contributed by atoms with Crippen LogP contribution in [0.4, 0.5) is 10.1 Å². The lowest BCUT2D eigenvalue weighted by atomic mass is 10.2. The summed E-state index contributed by atoms with van der Waals surface area (Å²) in [5.41, 5.74) is 1.22. The molecule has 4 rings (SSSR count). The molecule has 0 saturated carbocycles. The number of hydrogen-bond acceptors (Lipinski definition) is 5. The average molecular weight is 489 g/mol. The molecule has 7 nitrogen and oxygen atoms in total. The highest BCUT2D eigenvalue weighted by Gasteiger charge is 2.29. The summed E-state index contributed by atoms with van der Waals surface area (Å²) in [7, 11) is -3.71. The van der Waals surface area contributed by atoms with Crippen molar-refractivity contribution in [2.45, 2.75) is 30.6 Å². The van der Waals surface area contributed by atoms with Crippen molar-refractivity contribution >= 4 is 21.6 Å². The molecule has 1 amide bonds. The maximum Gasteiger partial charge on any atom is 0.251 e. The molecule has 0 atom stereocenters. The van der Waals surface area contributed by atoms with E-state index in [1.807, 2.05) is 4.90 Å². The van der Waals surface area contributed by atoms with Gasteiger partial charge in [0, 0.05) is 50.5 Å². The van der Waals surface area contributed by atoms with Crippen LogP contribution in [0.15, 0.2) is 53.4 Å². The van der Waals surface area contributed by atoms with Gasteiger partial charge in [-0.05, 0) is 68.4 Å². The third-order valence-electron chi connectivity index (χ3n) is 6.58. The Labute approximate surface area is 201 Å². The number of rotatable bonds is 7. The third kappa shape index (κ3) is 6.14. The minimum Gasteiger partial charge on any atom is -0.369 e. The molecule has 1 N–H and O–H groups in total. The number of benzene rings is 2. The zero-order valence-corrected chi connectivity index (χ0v) is 20.3. The molecule has 0 aromatic heterocycles. The average Bonchev–Trinajstić information content (AvgIpc) is 3.13. The number of anilines is 1. The largest absolute Gasteiger partial charge is 0.369 e. The number of carbonyl (C=O) groups is 1. The summed E-state index contributed by atoms with van der Waals surface area (Å²) >= 11 is 0. The number of sulfonamides is 1. The second kappa shape index (κ2) is 11.3. The van der Waals surface area contributed by atoms with E-state index in [1.165, 1.54) is 54.3 Å². The summed E-state index contributed by atoms with van der Waals surface area (Å²) in [5, 5.41) is 2.93. The maximum absolute atomic E-state index is 13.2. The number of hydrogen-bond donors (Lipinski definition) is 1. The zero-order valence-electron chi connectivity index (χ0n) is 19.5. The van der Waals surface area contributed by atoms with Crippen LogP contribution >= 0.6 is 0 Å². The molecule has 0 radical (unpaired) electrons. The Morgan fingerprint density at radius 3 is 2.24 bits per heavy atom. The number of carbonyl (C=O) groups excluding carboxylic acids is 1. The maximum atomic E-state index is 13.2. The fourth-order valence-corrected chi connectivity index (χ4v) is 6.04. The van der Waals surface area contributed by atoms with E-state index in [1.54, 1.807) is 24.3 Å². The van der Waals surface area contributed by atoms with Crippen LogP contribution in [0.5, 0.6) is 0 Å². The van der Waals surface area contributed by atoms with Crippen molar-refractivity contribution in [3.63, 3.8) is 0 Å². The van der Waals surface area contributed by atoms with Gasteiger partial charge < -0.3 is 15.1 Å². The zero-order chi connectivity index (χ0) is 24.0. The molecule has 0 aliphatic carbocycles. The number of nitrogens with one attached hydrogen (secondary N) is 1. The van der Waals surface area contributed by atoms with E-state index in [9.17, 15) is 17.6 Å². The predicted molar refractivity (Wildman–Crippen MR) is 131 cm³/mol. The van der Waals surface area contributed by atoms with Gasteiger partial charge in [0.2, 0.25) is 10.0 Å². The Balaban J connectivity index is 1.33. The van der Waals surface area contributed by atoms with Crippen LogP contribution in [0.2, 0.25) is 0 Å². The molecule has 2 aliphatic heterocycles. The van der Waals surface area contributed by atoms with Gasteiger partial charge in [-0.15, -0.1) is 0 Å². The van der Waals surface area contributed by atoms with E-state index in [2.05, 4.69) is 10.2 Å². The van der Waals surface area contributed by atoms with Crippen LogP contribution in [0, 0.1) is 5.82 Å². The summed E-state index contributed by atoms with van der Waals surface area (Å²) in [6.45, 7) is 5.17. The van der Waals surface area contributed by atoms with Crippen molar-refractivity contribution in [3.8, 4) is 0 Å². The van der Waals surface area contributed by atoms with Gasteiger partial charge in [0.15, 0.2) is 0 Å². The summed E-state index contributed by atoms with van der Waals surface area (Å²) in [6.07, 6.45) is 4.94. The van der Waals surface area contributed by atoms with Crippen LogP contribution in [-0.4, -0.2) is 75.9 Å². The van der Waals surface area contributed by atoms with E-state index < -0.39 is 10.0 Å². The minimum absolute atomic E-state index is 0.128. The monoisotopic (exact) mass is 488 g/mol. The summed E-state index contributed by atoms with van der Waals surface area (Å²) in [4.78, 5) is 17.2. The Morgan fingerprint density at radius 2 is 1.56 bits per heavy atom. The first-order chi connectivity index (χ1) is 16.4. The van der Waals surface area contributed by atoms with Crippen LogP contribution in [0.3, 0.4) is 0 Å². The molecular formula is C25H33FN4O3S. The molecule has 2 aliphatic rings. The third-order valence-corrected chi connectivity index (χ3v) is 8.47.